The molecule has 0 aromatic carbocycles. The summed E-state index contributed by atoms with van der Waals surface area (Å²) in [6.45, 7) is 3.89. The van der Waals surface area contributed by atoms with Crippen molar-refractivity contribution in [1.29, 1.82) is 0 Å². The van der Waals surface area contributed by atoms with Crippen molar-refractivity contribution >= 4 is 17.6 Å². The van der Waals surface area contributed by atoms with Gasteiger partial charge in [0.05, 0.1) is 0 Å². The monoisotopic (exact) mass is 218 g/mol. The molecule has 0 aliphatic heterocycles. The van der Waals surface area contributed by atoms with Crippen molar-refractivity contribution in [3.63, 3.8) is 0 Å². The maximum absolute atomic E-state index is 10.7. The van der Waals surface area contributed by atoms with Crippen LogP contribution < -0.4 is 0 Å². The summed E-state index contributed by atoms with van der Waals surface area (Å²) in [7, 11) is 0. The SMILES string of the molecule is Cc1cc(C=O)nc(-c2csc(C)c2)n1. The Morgan fingerprint density at radius 2 is 2.07 bits per heavy atom. The first-order chi connectivity index (χ1) is 7.19. The lowest BCUT2D eigenvalue weighted by Gasteiger charge is -1.99. The van der Waals surface area contributed by atoms with Crippen molar-refractivity contribution in [2.45, 2.75) is 13.8 Å². The minimum atomic E-state index is 0.432. The summed E-state index contributed by atoms with van der Waals surface area (Å²) >= 11 is 1.65. The zero-order valence-electron chi connectivity index (χ0n) is 8.52. The molecule has 0 saturated heterocycles. The Labute approximate surface area is 91.8 Å². The summed E-state index contributed by atoms with van der Waals surface area (Å²) in [5, 5.41) is 2.00. The molecule has 0 aliphatic carbocycles. The van der Waals surface area contributed by atoms with Gasteiger partial charge in [-0.15, -0.1) is 11.3 Å². The summed E-state index contributed by atoms with van der Waals surface area (Å²) in [5.41, 5.74) is 2.22. The van der Waals surface area contributed by atoms with Crippen LogP contribution in [0.4, 0.5) is 0 Å². The van der Waals surface area contributed by atoms with E-state index in [1.54, 1.807) is 17.4 Å². The molecule has 0 aliphatic rings. The Balaban J connectivity index is 2.52. The van der Waals surface area contributed by atoms with E-state index in [1.165, 1.54) is 4.88 Å². The van der Waals surface area contributed by atoms with E-state index in [2.05, 4.69) is 9.97 Å². The van der Waals surface area contributed by atoms with Crippen molar-refractivity contribution in [2.75, 3.05) is 0 Å². The number of carbonyl (C=O) groups excluding carboxylic acids is 1. The highest BCUT2D eigenvalue weighted by Crippen LogP contribution is 2.22. The normalized spacial score (nSPS) is 10.3. The fourth-order valence-electron chi connectivity index (χ4n) is 1.34. The van der Waals surface area contributed by atoms with Gasteiger partial charge in [-0.3, -0.25) is 4.79 Å². The first-order valence-electron chi connectivity index (χ1n) is 4.55. The smallest absolute Gasteiger partial charge is 0.168 e. The standard InChI is InChI=1S/C11H10N2OS/c1-7-3-10(5-14)13-11(12-7)9-4-8(2)15-6-9/h3-6H,1-2H3. The number of hydrogen-bond acceptors (Lipinski definition) is 4. The van der Waals surface area contributed by atoms with Gasteiger partial charge < -0.3 is 0 Å². The van der Waals surface area contributed by atoms with Crippen LogP contribution in [0.15, 0.2) is 17.5 Å². The van der Waals surface area contributed by atoms with Crippen molar-refractivity contribution in [3.05, 3.63) is 33.8 Å². The van der Waals surface area contributed by atoms with Gasteiger partial charge in [-0.2, -0.15) is 0 Å². The molecule has 2 aromatic rings. The summed E-state index contributed by atoms with van der Waals surface area (Å²) in [4.78, 5) is 20.3. The highest BCUT2D eigenvalue weighted by molar-refractivity contribution is 7.10. The van der Waals surface area contributed by atoms with E-state index >= 15 is 0 Å². The van der Waals surface area contributed by atoms with Gasteiger partial charge in [-0.25, -0.2) is 9.97 Å². The van der Waals surface area contributed by atoms with Gasteiger partial charge in [0.2, 0.25) is 0 Å². The van der Waals surface area contributed by atoms with E-state index in [9.17, 15) is 4.79 Å². The number of hydrogen-bond donors (Lipinski definition) is 0. The van der Waals surface area contributed by atoms with Gasteiger partial charge in [0.25, 0.3) is 0 Å². The molecule has 0 bridgehead atoms. The van der Waals surface area contributed by atoms with E-state index in [1.807, 2.05) is 25.3 Å². The van der Waals surface area contributed by atoms with Crippen molar-refractivity contribution < 1.29 is 4.79 Å². The third-order valence-corrected chi connectivity index (χ3v) is 2.84. The highest BCUT2D eigenvalue weighted by Gasteiger charge is 2.05. The third-order valence-electron chi connectivity index (χ3n) is 1.98. The van der Waals surface area contributed by atoms with Crippen LogP contribution in [0, 0.1) is 13.8 Å². The lowest BCUT2D eigenvalue weighted by Crippen LogP contribution is -1.95. The van der Waals surface area contributed by atoms with Crippen molar-refractivity contribution in [1.82, 2.24) is 9.97 Å². The lowest BCUT2D eigenvalue weighted by atomic mass is 10.2. The fraction of sp³-hybridized carbons (Fsp3) is 0.182. The van der Waals surface area contributed by atoms with Crippen LogP contribution in [0.3, 0.4) is 0 Å². The van der Waals surface area contributed by atoms with Crippen molar-refractivity contribution in [2.24, 2.45) is 0 Å². The molecule has 3 nitrogen and oxygen atoms in total. The predicted molar refractivity (Wildman–Crippen MR) is 60.2 cm³/mol. The second kappa shape index (κ2) is 3.90. The molecule has 0 spiro atoms. The number of nitrogens with zero attached hydrogens (tertiary/aromatic N) is 2. The Kier molecular flexibility index (Phi) is 2.60. The van der Waals surface area contributed by atoms with Gasteiger partial charge in [0, 0.05) is 21.5 Å². The van der Waals surface area contributed by atoms with Gasteiger partial charge in [-0.1, -0.05) is 0 Å². The molecule has 0 atom stereocenters. The number of aromatic nitrogens is 2. The van der Waals surface area contributed by atoms with Gasteiger partial charge >= 0.3 is 0 Å². The van der Waals surface area contributed by atoms with Gasteiger partial charge in [-0.05, 0) is 26.0 Å². The Bertz CT molecular complexity index is 505. The molecule has 15 heavy (non-hydrogen) atoms. The topological polar surface area (TPSA) is 42.9 Å². The summed E-state index contributed by atoms with van der Waals surface area (Å²) in [6.07, 6.45) is 0.747. The minimum absolute atomic E-state index is 0.432. The third kappa shape index (κ3) is 2.10. The number of aryl methyl sites for hydroxylation is 2. The molecular weight excluding hydrogens is 208 g/mol. The highest BCUT2D eigenvalue weighted by atomic mass is 32.1. The van der Waals surface area contributed by atoms with Crippen LogP contribution in [-0.2, 0) is 0 Å². The summed E-state index contributed by atoms with van der Waals surface area (Å²) in [5.74, 6) is 0.626. The number of aldehydes is 1. The molecule has 76 valence electrons. The van der Waals surface area contributed by atoms with E-state index in [0.717, 1.165) is 17.5 Å². The van der Waals surface area contributed by atoms with E-state index in [4.69, 9.17) is 0 Å². The first kappa shape index (κ1) is 9.98. The maximum atomic E-state index is 10.7. The average molecular weight is 218 g/mol. The number of rotatable bonds is 2. The van der Waals surface area contributed by atoms with E-state index < -0.39 is 0 Å². The molecule has 0 amide bonds. The van der Waals surface area contributed by atoms with Crippen LogP contribution >= 0.6 is 11.3 Å². The zero-order chi connectivity index (χ0) is 10.8. The largest absolute Gasteiger partial charge is 0.296 e. The predicted octanol–water partition coefficient (Wildman–Crippen LogP) is 2.63. The van der Waals surface area contributed by atoms with Crippen LogP contribution in [0.5, 0.6) is 0 Å². The molecular formula is C11H10N2OS. The summed E-state index contributed by atoms with van der Waals surface area (Å²) < 4.78 is 0. The van der Waals surface area contributed by atoms with E-state index in [0.29, 0.717) is 11.5 Å². The van der Waals surface area contributed by atoms with Crippen LogP contribution in [0.2, 0.25) is 0 Å². The van der Waals surface area contributed by atoms with Crippen LogP contribution in [0.25, 0.3) is 11.4 Å². The molecule has 4 heteroatoms. The Hall–Kier alpha value is -1.55. The Morgan fingerprint density at radius 1 is 1.27 bits per heavy atom. The first-order valence-corrected chi connectivity index (χ1v) is 5.43. The van der Waals surface area contributed by atoms with Crippen LogP contribution in [0.1, 0.15) is 21.1 Å². The molecule has 0 saturated carbocycles. The van der Waals surface area contributed by atoms with Crippen LogP contribution in [-0.4, -0.2) is 16.3 Å². The molecule has 0 N–H and O–H groups in total. The van der Waals surface area contributed by atoms with Gasteiger partial charge in [0.15, 0.2) is 12.1 Å². The minimum Gasteiger partial charge on any atom is -0.296 e. The molecule has 0 unspecified atom stereocenters. The fourth-order valence-corrected chi connectivity index (χ4v) is 2.02. The van der Waals surface area contributed by atoms with Gasteiger partial charge in [0.1, 0.15) is 5.69 Å². The second-order valence-electron chi connectivity index (χ2n) is 3.32. The maximum Gasteiger partial charge on any atom is 0.168 e. The Morgan fingerprint density at radius 3 is 2.67 bits per heavy atom. The zero-order valence-corrected chi connectivity index (χ0v) is 9.34. The average Bonchev–Trinajstić information content (AvgIpc) is 2.64. The molecule has 0 fully saturated rings. The van der Waals surface area contributed by atoms with Crippen molar-refractivity contribution in [3.8, 4) is 11.4 Å². The number of carbonyl (C=O) groups is 1. The molecule has 2 aromatic heterocycles. The second-order valence-corrected chi connectivity index (χ2v) is 4.44. The van der Waals surface area contributed by atoms with E-state index in [-0.39, 0.29) is 0 Å². The lowest BCUT2D eigenvalue weighted by molar-refractivity contribution is 0.111. The molecule has 0 radical (unpaired) electrons. The quantitative estimate of drug-likeness (QED) is 0.728. The summed E-state index contributed by atoms with van der Waals surface area (Å²) in [6, 6.07) is 3.70. The number of thiophene rings is 1. The molecule has 2 rings (SSSR count). The molecule has 2 heterocycles.